The number of hydrogen-bond acceptors (Lipinski definition) is 3. The van der Waals surface area contributed by atoms with Crippen molar-refractivity contribution in [2.75, 3.05) is 26.2 Å². The van der Waals surface area contributed by atoms with Gasteiger partial charge in [-0.1, -0.05) is 19.1 Å². The molecular weight excluding hydrogens is 224 g/mol. The Balaban J connectivity index is 1.80. The molecule has 1 fully saturated rings. The van der Waals surface area contributed by atoms with Gasteiger partial charge in [0.2, 0.25) is 0 Å². The standard InChI is InChI=1S/C15H20N2O/c1-13-5-4-8-17(12-13)9-10-18-15-7-3-2-6-14(15)11-16/h2-3,6-7,13H,4-5,8-10,12H2,1H3. The van der Waals surface area contributed by atoms with Crippen LogP contribution in [-0.4, -0.2) is 31.1 Å². The van der Waals surface area contributed by atoms with E-state index in [9.17, 15) is 0 Å². The van der Waals surface area contributed by atoms with Crippen molar-refractivity contribution in [1.82, 2.24) is 4.90 Å². The molecule has 18 heavy (non-hydrogen) atoms. The fraction of sp³-hybridized carbons (Fsp3) is 0.533. The lowest BCUT2D eigenvalue weighted by Gasteiger charge is -2.30. The SMILES string of the molecule is CC1CCCN(CCOc2ccccc2C#N)C1. The summed E-state index contributed by atoms with van der Waals surface area (Å²) in [6, 6.07) is 9.56. The number of ether oxygens (including phenoxy) is 1. The molecule has 0 spiro atoms. The molecule has 0 amide bonds. The van der Waals surface area contributed by atoms with Crippen LogP contribution in [0.3, 0.4) is 0 Å². The average Bonchev–Trinajstić information content (AvgIpc) is 2.39. The molecule has 3 heteroatoms. The maximum Gasteiger partial charge on any atom is 0.137 e. The van der Waals surface area contributed by atoms with Gasteiger partial charge in [-0.2, -0.15) is 5.26 Å². The van der Waals surface area contributed by atoms with Gasteiger partial charge in [0, 0.05) is 13.1 Å². The van der Waals surface area contributed by atoms with E-state index >= 15 is 0 Å². The second-order valence-electron chi connectivity index (χ2n) is 5.00. The number of nitriles is 1. The first-order valence-electron chi connectivity index (χ1n) is 6.64. The maximum absolute atomic E-state index is 8.96. The van der Waals surface area contributed by atoms with E-state index in [0.717, 1.165) is 12.5 Å². The summed E-state index contributed by atoms with van der Waals surface area (Å²) in [6.07, 6.45) is 2.63. The number of piperidine rings is 1. The topological polar surface area (TPSA) is 36.3 Å². The number of likely N-dealkylation sites (tertiary alicyclic amines) is 1. The first-order chi connectivity index (χ1) is 8.79. The van der Waals surface area contributed by atoms with Crippen molar-refractivity contribution in [1.29, 1.82) is 5.26 Å². The van der Waals surface area contributed by atoms with Crippen LogP contribution in [0.1, 0.15) is 25.3 Å². The minimum Gasteiger partial charge on any atom is -0.491 e. The normalized spacial score (nSPS) is 20.3. The minimum atomic E-state index is 0.615. The van der Waals surface area contributed by atoms with Crippen molar-refractivity contribution in [3.63, 3.8) is 0 Å². The van der Waals surface area contributed by atoms with Crippen LogP contribution in [0, 0.1) is 17.2 Å². The van der Waals surface area contributed by atoms with Crippen molar-refractivity contribution in [2.24, 2.45) is 5.92 Å². The van der Waals surface area contributed by atoms with E-state index in [1.54, 1.807) is 6.07 Å². The number of benzene rings is 1. The van der Waals surface area contributed by atoms with E-state index in [0.29, 0.717) is 17.9 Å². The predicted octanol–water partition coefficient (Wildman–Crippen LogP) is 2.67. The third-order valence-corrected chi connectivity index (χ3v) is 3.41. The van der Waals surface area contributed by atoms with E-state index in [-0.39, 0.29) is 0 Å². The molecule has 0 bridgehead atoms. The Kier molecular flexibility index (Phi) is 4.60. The van der Waals surface area contributed by atoms with E-state index in [1.807, 2.05) is 18.2 Å². The molecule has 0 aromatic heterocycles. The summed E-state index contributed by atoms with van der Waals surface area (Å²) < 4.78 is 5.70. The lowest BCUT2D eigenvalue weighted by atomic mass is 10.0. The number of nitrogens with zero attached hydrogens (tertiary/aromatic N) is 2. The summed E-state index contributed by atoms with van der Waals surface area (Å²) in [5.41, 5.74) is 0.615. The van der Waals surface area contributed by atoms with Gasteiger partial charge in [0.05, 0.1) is 5.56 Å². The van der Waals surface area contributed by atoms with Crippen molar-refractivity contribution in [2.45, 2.75) is 19.8 Å². The van der Waals surface area contributed by atoms with Crippen LogP contribution in [0.15, 0.2) is 24.3 Å². The van der Waals surface area contributed by atoms with E-state index < -0.39 is 0 Å². The first-order valence-corrected chi connectivity index (χ1v) is 6.64. The van der Waals surface area contributed by atoms with Gasteiger partial charge >= 0.3 is 0 Å². The van der Waals surface area contributed by atoms with E-state index in [2.05, 4.69) is 17.9 Å². The summed E-state index contributed by atoms with van der Waals surface area (Å²) >= 11 is 0. The average molecular weight is 244 g/mol. The van der Waals surface area contributed by atoms with Crippen molar-refractivity contribution >= 4 is 0 Å². The van der Waals surface area contributed by atoms with Gasteiger partial charge in [0.25, 0.3) is 0 Å². The Morgan fingerprint density at radius 3 is 3.06 bits per heavy atom. The van der Waals surface area contributed by atoms with Crippen LogP contribution in [0.4, 0.5) is 0 Å². The third kappa shape index (κ3) is 3.48. The van der Waals surface area contributed by atoms with Crippen LogP contribution >= 0.6 is 0 Å². The molecule has 96 valence electrons. The maximum atomic E-state index is 8.96. The fourth-order valence-corrected chi connectivity index (χ4v) is 2.46. The number of para-hydroxylation sites is 1. The van der Waals surface area contributed by atoms with Crippen LogP contribution in [-0.2, 0) is 0 Å². The Labute approximate surface area is 109 Å². The molecule has 1 aliphatic heterocycles. The highest BCUT2D eigenvalue weighted by Gasteiger charge is 2.15. The van der Waals surface area contributed by atoms with Gasteiger partial charge in [-0.15, -0.1) is 0 Å². The summed E-state index contributed by atoms with van der Waals surface area (Å²) in [4.78, 5) is 2.45. The Bertz CT molecular complexity index is 425. The lowest BCUT2D eigenvalue weighted by molar-refractivity contribution is 0.153. The quantitative estimate of drug-likeness (QED) is 0.817. The highest BCUT2D eigenvalue weighted by molar-refractivity contribution is 5.42. The third-order valence-electron chi connectivity index (χ3n) is 3.41. The van der Waals surface area contributed by atoms with E-state index in [1.165, 1.54) is 25.9 Å². The Hall–Kier alpha value is -1.53. The summed E-state index contributed by atoms with van der Waals surface area (Å²) in [7, 11) is 0. The molecule has 3 nitrogen and oxygen atoms in total. The molecule has 1 unspecified atom stereocenters. The van der Waals surface area contributed by atoms with E-state index in [4.69, 9.17) is 10.00 Å². The van der Waals surface area contributed by atoms with Gasteiger partial charge in [-0.3, -0.25) is 4.90 Å². The molecule has 0 saturated carbocycles. The molecule has 1 aliphatic rings. The highest BCUT2D eigenvalue weighted by atomic mass is 16.5. The monoisotopic (exact) mass is 244 g/mol. The molecule has 1 aromatic carbocycles. The second-order valence-corrected chi connectivity index (χ2v) is 5.00. The molecular formula is C15H20N2O. The van der Waals surface area contributed by atoms with Gasteiger partial charge in [0.15, 0.2) is 0 Å². The molecule has 0 N–H and O–H groups in total. The minimum absolute atomic E-state index is 0.615. The second kappa shape index (κ2) is 6.42. The van der Waals surface area contributed by atoms with Gasteiger partial charge in [0.1, 0.15) is 18.4 Å². The zero-order valence-corrected chi connectivity index (χ0v) is 10.9. The van der Waals surface area contributed by atoms with Crippen LogP contribution in [0.2, 0.25) is 0 Å². The van der Waals surface area contributed by atoms with Gasteiger partial charge in [-0.25, -0.2) is 0 Å². The van der Waals surface area contributed by atoms with Crippen molar-refractivity contribution in [3.05, 3.63) is 29.8 Å². The number of hydrogen-bond donors (Lipinski definition) is 0. The molecule has 0 radical (unpaired) electrons. The van der Waals surface area contributed by atoms with Crippen LogP contribution < -0.4 is 4.74 Å². The molecule has 1 aromatic rings. The molecule has 1 atom stereocenters. The molecule has 0 aliphatic carbocycles. The Morgan fingerprint density at radius 1 is 1.44 bits per heavy atom. The predicted molar refractivity (Wildman–Crippen MR) is 71.5 cm³/mol. The molecule has 2 rings (SSSR count). The largest absolute Gasteiger partial charge is 0.491 e. The summed E-state index contributed by atoms with van der Waals surface area (Å²) in [5, 5.41) is 8.96. The van der Waals surface area contributed by atoms with Gasteiger partial charge in [-0.05, 0) is 37.4 Å². The van der Waals surface area contributed by atoms with Crippen molar-refractivity contribution in [3.8, 4) is 11.8 Å². The van der Waals surface area contributed by atoms with Crippen LogP contribution in [0.25, 0.3) is 0 Å². The fourth-order valence-electron chi connectivity index (χ4n) is 2.46. The zero-order valence-electron chi connectivity index (χ0n) is 10.9. The summed E-state index contributed by atoms with van der Waals surface area (Å²) in [6.45, 7) is 6.25. The highest BCUT2D eigenvalue weighted by Crippen LogP contribution is 2.17. The number of rotatable bonds is 4. The zero-order chi connectivity index (χ0) is 12.8. The molecule has 1 saturated heterocycles. The summed E-state index contributed by atoms with van der Waals surface area (Å²) in [5.74, 6) is 1.50. The molecule has 1 heterocycles. The van der Waals surface area contributed by atoms with Crippen LogP contribution in [0.5, 0.6) is 5.75 Å². The smallest absolute Gasteiger partial charge is 0.137 e. The van der Waals surface area contributed by atoms with Gasteiger partial charge < -0.3 is 4.74 Å². The Morgan fingerprint density at radius 2 is 2.28 bits per heavy atom. The van der Waals surface area contributed by atoms with Crippen molar-refractivity contribution < 1.29 is 4.74 Å². The lowest BCUT2D eigenvalue weighted by Crippen LogP contribution is -2.37. The first kappa shape index (κ1) is 12.9.